The van der Waals surface area contributed by atoms with Gasteiger partial charge in [-0.1, -0.05) is 36.4 Å². The van der Waals surface area contributed by atoms with Crippen LogP contribution in [0.15, 0.2) is 54.7 Å². The molecule has 1 aromatic heterocycles. The van der Waals surface area contributed by atoms with Gasteiger partial charge in [-0.25, -0.2) is 4.79 Å². The Labute approximate surface area is 135 Å². The average molecular weight is 307 g/mol. The second-order valence-corrected chi connectivity index (χ2v) is 4.73. The zero-order valence-corrected chi connectivity index (χ0v) is 12.6. The Morgan fingerprint density at radius 1 is 1.26 bits per heavy atom. The summed E-state index contributed by atoms with van der Waals surface area (Å²) in [4.78, 5) is 15.7. The molecule has 5 heteroatoms. The molecule has 1 aromatic carbocycles. The summed E-state index contributed by atoms with van der Waals surface area (Å²) >= 11 is 0. The van der Waals surface area contributed by atoms with Crippen molar-refractivity contribution < 1.29 is 9.53 Å². The molecule has 0 aliphatic heterocycles. The molecule has 2 rings (SSSR count). The van der Waals surface area contributed by atoms with Gasteiger partial charge in [-0.15, -0.1) is 0 Å². The molecule has 5 nitrogen and oxygen atoms in total. The molecule has 2 aromatic rings. The Hall–Kier alpha value is -3.13. The van der Waals surface area contributed by atoms with E-state index < -0.39 is 6.09 Å². The highest BCUT2D eigenvalue weighted by atomic mass is 16.5. The van der Waals surface area contributed by atoms with E-state index in [-0.39, 0.29) is 6.61 Å². The summed E-state index contributed by atoms with van der Waals surface area (Å²) in [5, 5.41) is 11.6. The highest BCUT2D eigenvalue weighted by molar-refractivity contribution is 5.67. The van der Waals surface area contributed by atoms with Crippen molar-refractivity contribution in [2.75, 3.05) is 6.54 Å². The molecule has 0 aliphatic carbocycles. The van der Waals surface area contributed by atoms with Gasteiger partial charge in [-0.3, -0.25) is 4.98 Å². The molecule has 0 atom stereocenters. The lowest BCUT2D eigenvalue weighted by atomic mass is 10.2. The van der Waals surface area contributed by atoms with Gasteiger partial charge in [-0.05, 0) is 30.2 Å². The van der Waals surface area contributed by atoms with E-state index in [9.17, 15) is 4.79 Å². The summed E-state index contributed by atoms with van der Waals surface area (Å²) in [6.45, 7) is 0.709. The normalized spacial score (nSPS) is 10.2. The molecule has 1 heterocycles. The van der Waals surface area contributed by atoms with Crippen molar-refractivity contribution in [2.24, 2.45) is 0 Å². The zero-order chi connectivity index (χ0) is 16.3. The molecule has 0 unspecified atom stereocenters. The predicted molar refractivity (Wildman–Crippen MR) is 87.2 cm³/mol. The largest absolute Gasteiger partial charge is 0.445 e. The number of nitriles is 1. The van der Waals surface area contributed by atoms with Crippen LogP contribution in [0.4, 0.5) is 4.79 Å². The molecule has 0 saturated carbocycles. The van der Waals surface area contributed by atoms with Crippen LogP contribution in [0, 0.1) is 11.3 Å². The molecular weight excluding hydrogens is 290 g/mol. The van der Waals surface area contributed by atoms with E-state index in [0.29, 0.717) is 24.2 Å². The van der Waals surface area contributed by atoms with Crippen molar-refractivity contribution in [1.82, 2.24) is 10.3 Å². The van der Waals surface area contributed by atoms with Crippen LogP contribution in [0.1, 0.15) is 23.2 Å². The van der Waals surface area contributed by atoms with Crippen molar-refractivity contribution in [2.45, 2.75) is 13.0 Å². The van der Waals surface area contributed by atoms with E-state index >= 15 is 0 Å². The molecule has 0 bridgehead atoms. The Bertz CT molecular complexity index is 706. The number of aromatic nitrogens is 1. The third-order valence-electron chi connectivity index (χ3n) is 3.03. The molecule has 0 saturated heterocycles. The quantitative estimate of drug-likeness (QED) is 0.831. The topological polar surface area (TPSA) is 75.0 Å². The van der Waals surface area contributed by atoms with Gasteiger partial charge in [0.25, 0.3) is 0 Å². The highest BCUT2D eigenvalue weighted by Gasteiger charge is 2.01. The van der Waals surface area contributed by atoms with Crippen molar-refractivity contribution in [3.63, 3.8) is 0 Å². The van der Waals surface area contributed by atoms with Crippen LogP contribution in [-0.2, 0) is 11.3 Å². The molecular formula is C18H17N3O2. The fourth-order valence-electron chi connectivity index (χ4n) is 1.87. The van der Waals surface area contributed by atoms with Crippen molar-refractivity contribution in [3.8, 4) is 6.07 Å². The first kappa shape index (κ1) is 16.2. The number of amides is 1. The molecule has 1 amide bonds. The number of carbonyl (C=O) groups excluding carboxylic acids is 1. The van der Waals surface area contributed by atoms with Gasteiger partial charge in [0.05, 0.1) is 11.3 Å². The summed E-state index contributed by atoms with van der Waals surface area (Å²) in [7, 11) is 0. The average Bonchev–Trinajstić information content (AvgIpc) is 2.61. The minimum absolute atomic E-state index is 0.252. The summed E-state index contributed by atoms with van der Waals surface area (Å²) < 4.78 is 5.10. The first-order valence-electron chi connectivity index (χ1n) is 7.26. The third-order valence-corrected chi connectivity index (χ3v) is 3.03. The Morgan fingerprint density at radius 2 is 2.09 bits per heavy atom. The second kappa shape index (κ2) is 9.00. The SMILES string of the molecule is N#Cc1cccnc1C=CCCNC(=O)OCc1ccccc1. The number of nitrogens with one attached hydrogen (secondary N) is 1. The number of pyridine rings is 1. The van der Waals surface area contributed by atoms with Crippen LogP contribution in [0.5, 0.6) is 0 Å². The summed E-state index contributed by atoms with van der Waals surface area (Å²) in [5.74, 6) is 0. The van der Waals surface area contributed by atoms with Gasteiger partial charge in [0.15, 0.2) is 0 Å². The standard InChI is InChI=1S/C18H17N3O2/c19-13-16-9-6-12-20-17(16)10-4-5-11-21-18(22)23-14-15-7-2-1-3-8-15/h1-4,6-10,12H,5,11,14H2,(H,21,22). The fraction of sp³-hybridized carbons (Fsp3) is 0.167. The molecule has 0 radical (unpaired) electrons. The summed E-state index contributed by atoms with van der Waals surface area (Å²) in [5.41, 5.74) is 2.10. The van der Waals surface area contributed by atoms with Gasteiger partial charge < -0.3 is 10.1 Å². The smallest absolute Gasteiger partial charge is 0.407 e. The summed E-state index contributed by atoms with van der Waals surface area (Å²) in [6.07, 6.45) is 5.45. The van der Waals surface area contributed by atoms with Crippen molar-refractivity contribution in [3.05, 3.63) is 71.6 Å². The third kappa shape index (κ3) is 5.64. The Morgan fingerprint density at radius 3 is 2.87 bits per heavy atom. The van der Waals surface area contributed by atoms with Crippen molar-refractivity contribution in [1.29, 1.82) is 5.26 Å². The fourth-order valence-corrected chi connectivity index (χ4v) is 1.87. The minimum Gasteiger partial charge on any atom is -0.445 e. The molecule has 0 aliphatic rings. The van der Waals surface area contributed by atoms with Crippen LogP contribution in [0.25, 0.3) is 6.08 Å². The number of rotatable bonds is 6. The second-order valence-electron chi connectivity index (χ2n) is 4.73. The van der Waals surface area contributed by atoms with Gasteiger partial charge in [0, 0.05) is 12.7 Å². The predicted octanol–water partition coefficient (Wildman–Crippen LogP) is 3.28. The van der Waals surface area contributed by atoms with Gasteiger partial charge in [0.2, 0.25) is 0 Å². The van der Waals surface area contributed by atoms with Crippen LogP contribution >= 0.6 is 0 Å². The molecule has 116 valence electrons. The lowest BCUT2D eigenvalue weighted by Crippen LogP contribution is -2.24. The monoisotopic (exact) mass is 307 g/mol. The maximum absolute atomic E-state index is 11.5. The molecule has 0 fully saturated rings. The van der Waals surface area contributed by atoms with Crippen LogP contribution < -0.4 is 5.32 Å². The number of hydrogen-bond acceptors (Lipinski definition) is 4. The van der Waals surface area contributed by atoms with E-state index in [1.807, 2.05) is 36.4 Å². The summed E-state index contributed by atoms with van der Waals surface area (Å²) in [6, 6.07) is 15.0. The maximum Gasteiger partial charge on any atom is 0.407 e. The van der Waals surface area contributed by atoms with Crippen LogP contribution in [0.3, 0.4) is 0 Å². The number of benzene rings is 1. The Kier molecular flexibility index (Phi) is 6.36. The zero-order valence-electron chi connectivity index (χ0n) is 12.6. The van der Waals surface area contributed by atoms with E-state index in [4.69, 9.17) is 10.00 Å². The number of hydrogen-bond donors (Lipinski definition) is 1. The molecule has 23 heavy (non-hydrogen) atoms. The van der Waals surface area contributed by atoms with E-state index in [1.165, 1.54) is 0 Å². The lowest BCUT2D eigenvalue weighted by Gasteiger charge is -2.05. The molecule has 0 spiro atoms. The lowest BCUT2D eigenvalue weighted by molar-refractivity contribution is 0.140. The van der Waals surface area contributed by atoms with E-state index in [1.54, 1.807) is 24.4 Å². The highest BCUT2D eigenvalue weighted by Crippen LogP contribution is 2.06. The van der Waals surface area contributed by atoms with Gasteiger partial charge in [0.1, 0.15) is 12.7 Å². The van der Waals surface area contributed by atoms with E-state index in [2.05, 4.69) is 16.4 Å². The van der Waals surface area contributed by atoms with E-state index in [0.717, 1.165) is 5.56 Å². The Balaban J connectivity index is 1.68. The number of alkyl carbamates (subject to hydrolysis) is 1. The van der Waals surface area contributed by atoms with Crippen molar-refractivity contribution >= 4 is 12.2 Å². The van der Waals surface area contributed by atoms with Crippen LogP contribution in [0.2, 0.25) is 0 Å². The first-order valence-corrected chi connectivity index (χ1v) is 7.26. The van der Waals surface area contributed by atoms with Gasteiger partial charge >= 0.3 is 6.09 Å². The number of carbonyl (C=O) groups is 1. The number of nitrogens with zero attached hydrogens (tertiary/aromatic N) is 2. The first-order chi connectivity index (χ1) is 11.3. The maximum atomic E-state index is 11.5. The minimum atomic E-state index is -0.446. The number of ether oxygens (including phenoxy) is 1. The van der Waals surface area contributed by atoms with Gasteiger partial charge in [-0.2, -0.15) is 5.26 Å². The molecule has 1 N–H and O–H groups in total. The van der Waals surface area contributed by atoms with Crippen LogP contribution in [-0.4, -0.2) is 17.6 Å².